The summed E-state index contributed by atoms with van der Waals surface area (Å²) in [7, 11) is 0. The number of hydrazine groups is 1. The van der Waals surface area contributed by atoms with Crippen LogP contribution in [-0.4, -0.2) is 18.1 Å². The third-order valence-electron chi connectivity index (χ3n) is 5.44. The second-order valence-corrected chi connectivity index (χ2v) is 9.22. The number of halogens is 1. The van der Waals surface area contributed by atoms with E-state index in [4.69, 9.17) is 27.4 Å². The highest BCUT2D eigenvalue weighted by molar-refractivity contribution is 7.16. The van der Waals surface area contributed by atoms with Crippen molar-refractivity contribution in [2.45, 2.75) is 39.0 Å². The van der Waals surface area contributed by atoms with Gasteiger partial charge in [0.05, 0.1) is 12.3 Å². The molecule has 0 saturated carbocycles. The lowest BCUT2D eigenvalue weighted by Crippen LogP contribution is -2.32. The second-order valence-electron chi connectivity index (χ2n) is 7.70. The first kappa shape index (κ1) is 21.8. The van der Waals surface area contributed by atoms with Gasteiger partial charge in [0, 0.05) is 21.0 Å². The SMILES string of the molecule is CCCCc1ccc(CCc2cc3c(s2)N=C(NN)CN=C3c2ccccc2Cl)cc1. The van der Waals surface area contributed by atoms with E-state index in [-0.39, 0.29) is 0 Å². The van der Waals surface area contributed by atoms with Gasteiger partial charge in [-0.15, -0.1) is 11.3 Å². The number of nitrogens with two attached hydrogens (primary N) is 1. The number of thiophene rings is 1. The second kappa shape index (κ2) is 10.2. The van der Waals surface area contributed by atoms with Gasteiger partial charge in [0.15, 0.2) is 0 Å². The summed E-state index contributed by atoms with van der Waals surface area (Å²) < 4.78 is 0. The quantitative estimate of drug-likeness (QED) is 0.349. The van der Waals surface area contributed by atoms with E-state index in [2.05, 4.69) is 42.7 Å². The van der Waals surface area contributed by atoms with Crippen molar-refractivity contribution in [2.24, 2.45) is 15.8 Å². The summed E-state index contributed by atoms with van der Waals surface area (Å²) in [5.41, 5.74) is 8.27. The monoisotopic (exact) mass is 450 g/mol. The normalized spacial score (nSPS) is 13.3. The molecular formula is C25H27ClN4S. The number of aliphatic imine (C=N–C) groups is 2. The van der Waals surface area contributed by atoms with E-state index >= 15 is 0 Å². The molecule has 4 rings (SSSR count). The van der Waals surface area contributed by atoms with Crippen molar-refractivity contribution < 1.29 is 0 Å². The van der Waals surface area contributed by atoms with Crippen LogP contribution in [-0.2, 0) is 19.3 Å². The zero-order valence-corrected chi connectivity index (χ0v) is 19.3. The van der Waals surface area contributed by atoms with Gasteiger partial charge in [0.2, 0.25) is 0 Å². The first-order chi connectivity index (χ1) is 15.2. The van der Waals surface area contributed by atoms with E-state index in [9.17, 15) is 0 Å². The van der Waals surface area contributed by atoms with Gasteiger partial charge in [-0.25, -0.2) is 10.8 Å². The van der Waals surface area contributed by atoms with Crippen LogP contribution in [0.1, 0.15) is 46.9 Å². The van der Waals surface area contributed by atoms with Crippen LogP contribution in [0.25, 0.3) is 0 Å². The number of amidine groups is 1. The molecule has 0 atom stereocenters. The predicted octanol–water partition coefficient (Wildman–Crippen LogP) is 5.87. The fourth-order valence-electron chi connectivity index (χ4n) is 3.69. The van der Waals surface area contributed by atoms with Gasteiger partial charge in [0.1, 0.15) is 10.8 Å². The average molecular weight is 451 g/mol. The molecule has 0 aliphatic carbocycles. The minimum Gasteiger partial charge on any atom is -0.310 e. The minimum atomic E-state index is 0.401. The summed E-state index contributed by atoms with van der Waals surface area (Å²) in [6.07, 6.45) is 5.60. The number of hydrogen-bond acceptors (Lipinski definition) is 5. The largest absolute Gasteiger partial charge is 0.310 e. The zero-order valence-electron chi connectivity index (χ0n) is 17.7. The molecule has 0 unspecified atom stereocenters. The van der Waals surface area contributed by atoms with Gasteiger partial charge in [-0.2, -0.15) is 0 Å². The molecule has 0 fully saturated rings. The Morgan fingerprint density at radius 3 is 2.45 bits per heavy atom. The number of benzene rings is 2. The van der Waals surface area contributed by atoms with Gasteiger partial charge in [0.25, 0.3) is 0 Å². The maximum atomic E-state index is 6.48. The van der Waals surface area contributed by atoms with E-state index in [1.807, 2.05) is 24.3 Å². The lowest BCUT2D eigenvalue weighted by atomic mass is 10.0. The third-order valence-corrected chi connectivity index (χ3v) is 6.86. The van der Waals surface area contributed by atoms with E-state index in [0.717, 1.165) is 41.1 Å². The molecule has 31 heavy (non-hydrogen) atoms. The summed E-state index contributed by atoms with van der Waals surface area (Å²) in [5.74, 6) is 6.31. The molecule has 0 radical (unpaired) electrons. The minimum absolute atomic E-state index is 0.401. The lowest BCUT2D eigenvalue weighted by molar-refractivity contribution is 0.794. The maximum absolute atomic E-state index is 6.48. The highest BCUT2D eigenvalue weighted by Gasteiger charge is 2.21. The van der Waals surface area contributed by atoms with Crippen LogP contribution in [0.5, 0.6) is 0 Å². The van der Waals surface area contributed by atoms with Gasteiger partial charge in [-0.3, -0.25) is 4.99 Å². The topological polar surface area (TPSA) is 62.8 Å². The molecule has 160 valence electrons. The summed E-state index contributed by atoms with van der Waals surface area (Å²) in [4.78, 5) is 10.8. The maximum Gasteiger partial charge on any atom is 0.139 e. The number of fused-ring (bicyclic) bond motifs is 1. The molecule has 2 aromatic carbocycles. The molecule has 1 aliphatic heterocycles. The van der Waals surface area contributed by atoms with Crippen molar-refractivity contribution in [1.29, 1.82) is 0 Å². The van der Waals surface area contributed by atoms with Crippen molar-refractivity contribution in [3.05, 3.63) is 86.8 Å². The standard InChI is InChI=1S/C25H27ClN4S/c1-2-3-6-17-9-11-18(12-10-17)13-14-19-15-21-24(20-7-4-5-8-22(20)26)28-16-23(30-27)29-25(21)31-19/h4-5,7-12,15H,2-3,6,13-14,16,27H2,1H3,(H,29,30). The molecule has 4 nitrogen and oxygen atoms in total. The third kappa shape index (κ3) is 5.24. The Hall–Kier alpha value is -2.47. The number of aryl methyl sites for hydroxylation is 3. The molecule has 3 aromatic rings. The van der Waals surface area contributed by atoms with E-state index < -0.39 is 0 Å². The van der Waals surface area contributed by atoms with Gasteiger partial charge < -0.3 is 5.43 Å². The number of unbranched alkanes of at least 4 members (excludes halogenated alkanes) is 1. The summed E-state index contributed by atoms with van der Waals surface area (Å²) in [6, 6.07) is 19.1. The Kier molecular flexibility index (Phi) is 7.17. The van der Waals surface area contributed by atoms with Crippen molar-refractivity contribution in [3.63, 3.8) is 0 Å². The molecule has 6 heteroatoms. The molecule has 0 amide bonds. The smallest absolute Gasteiger partial charge is 0.139 e. The Labute approximate surface area is 192 Å². The van der Waals surface area contributed by atoms with Crippen molar-refractivity contribution in [2.75, 3.05) is 6.54 Å². The van der Waals surface area contributed by atoms with Crippen LogP contribution in [0.3, 0.4) is 0 Å². The molecule has 2 heterocycles. The first-order valence-corrected chi connectivity index (χ1v) is 11.9. The Bertz CT molecular complexity index is 1100. The summed E-state index contributed by atoms with van der Waals surface area (Å²) in [5, 5.41) is 1.61. The first-order valence-electron chi connectivity index (χ1n) is 10.7. The highest BCUT2D eigenvalue weighted by Crippen LogP contribution is 2.36. The number of rotatable bonds is 7. The molecule has 1 aromatic heterocycles. The Morgan fingerprint density at radius 2 is 1.74 bits per heavy atom. The van der Waals surface area contributed by atoms with Crippen LogP contribution in [0, 0.1) is 0 Å². The van der Waals surface area contributed by atoms with Crippen molar-refractivity contribution in [3.8, 4) is 0 Å². The lowest BCUT2D eigenvalue weighted by Gasteiger charge is -2.07. The van der Waals surface area contributed by atoms with Crippen molar-refractivity contribution in [1.82, 2.24) is 5.43 Å². The molecule has 0 saturated heterocycles. The van der Waals surface area contributed by atoms with Gasteiger partial charge in [-0.05, 0) is 48.9 Å². The molecule has 3 N–H and O–H groups in total. The number of hydrogen-bond donors (Lipinski definition) is 2. The van der Waals surface area contributed by atoms with Gasteiger partial charge >= 0.3 is 0 Å². The van der Waals surface area contributed by atoms with Crippen LogP contribution >= 0.6 is 22.9 Å². The predicted molar refractivity (Wildman–Crippen MR) is 133 cm³/mol. The summed E-state index contributed by atoms with van der Waals surface area (Å²) >= 11 is 8.18. The molecule has 1 aliphatic rings. The van der Waals surface area contributed by atoms with Gasteiger partial charge in [-0.1, -0.05) is 67.4 Å². The Morgan fingerprint density at radius 1 is 1.00 bits per heavy atom. The number of nitrogens with one attached hydrogen (secondary N) is 1. The van der Waals surface area contributed by atoms with E-state index in [0.29, 0.717) is 17.4 Å². The zero-order chi connectivity index (χ0) is 21.6. The van der Waals surface area contributed by atoms with Crippen LogP contribution < -0.4 is 11.3 Å². The fourth-order valence-corrected chi connectivity index (χ4v) is 4.96. The highest BCUT2D eigenvalue weighted by atomic mass is 35.5. The van der Waals surface area contributed by atoms with E-state index in [1.54, 1.807) is 11.3 Å². The molecular weight excluding hydrogens is 424 g/mol. The van der Waals surface area contributed by atoms with Crippen LogP contribution in [0.15, 0.2) is 64.6 Å². The summed E-state index contributed by atoms with van der Waals surface area (Å²) in [6.45, 7) is 2.63. The van der Waals surface area contributed by atoms with Crippen LogP contribution in [0.2, 0.25) is 5.02 Å². The molecule has 0 bridgehead atoms. The molecule has 0 spiro atoms. The van der Waals surface area contributed by atoms with E-state index in [1.165, 1.54) is 28.8 Å². The Balaban J connectivity index is 1.56. The average Bonchev–Trinajstić information content (AvgIpc) is 3.11. The fraction of sp³-hybridized carbons (Fsp3) is 0.280. The number of nitrogens with zero attached hydrogens (tertiary/aromatic N) is 2. The van der Waals surface area contributed by atoms with Crippen molar-refractivity contribution >= 4 is 39.5 Å². The van der Waals surface area contributed by atoms with Crippen LogP contribution in [0.4, 0.5) is 5.00 Å².